The van der Waals surface area contributed by atoms with Crippen LogP contribution in [0.25, 0.3) is 0 Å². The number of hydrogen-bond donors (Lipinski definition) is 1. The molecule has 3 rings (SSSR count). The Bertz CT molecular complexity index is 466. The van der Waals surface area contributed by atoms with Crippen LogP contribution in [0.2, 0.25) is 0 Å². The molecular weight excluding hydrogens is 306 g/mol. The molecule has 1 aromatic rings. The van der Waals surface area contributed by atoms with Crippen LogP contribution < -0.4 is 10.2 Å². The maximum atomic E-state index is 4.48. The average molecular weight is 326 g/mol. The highest BCUT2D eigenvalue weighted by Gasteiger charge is 2.35. The van der Waals surface area contributed by atoms with Gasteiger partial charge in [0.1, 0.15) is 22.4 Å². The summed E-state index contributed by atoms with van der Waals surface area (Å²) < 4.78 is 0.968. The molecule has 0 amide bonds. The van der Waals surface area contributed by atoms with Crippen molar-refractivity contribution in [3.63, 3.8) is 0 Å². The smallest absolute Gasteiger partial charge is 0.148 e. The van der Waals surface area contributed by atoms with E-state index in [2.05, 4.69) is 47.9 Å². The van der Waals surface area contributed by atoms with Crippen molar-refractivity contribution in [2.24, 2.45) is 0 Å². The van der Waals surface area contributed by atoms with E-state index in [0.29, 0.717) is 12.1 Å². The molecule has 2 atom stereocenters. The van der Waals surface area contributed by atoms with Gasteiger partial charge in [-0.05, 0) is 42.2 Å². The van der Waals surface area contributed by atoms with Crippen molar-refractivity contribution >= 4 is 27.6 Å². The predicted octanol–water partition coefficient (Wildman–Crippen LogP) is 1.95. The monoisotopic (exact) mass is 325 g/mol. The first-order valence-corrected chi connectivity index (χ1v) is 7.69. The van der Waals surface area contributed by atoms with Crippen LogP contribution in [-0.2, 0) is 0 Å². The Labute approximate surface area is 122 Å². The lowest BCUT2D eigenvalue weighted by atomic mass is 10.1. The van der Waals surface area contributed by atoms with Crippen LogP contribution in [0, 0.1) is 0 Å². The Hall–Kier alpha value is -0.880. The third-order valence-electron chi connectivity index (χ3n) is 4.22. The van der Waals surface area contributed by atoms with Gasteiger partial charge in [-0.1, -0.05) is 0 Å². The highest BCUT2D eigenvalue weighted by atomic mass is 79.9. The van der Waals surface area contributed by atoms with Crippen molar-refractivity contribution in [1.82, 2.24) is 14.9 Å². The molecule has 19 heavy (non-hydrogen) atoms. The molecule has 6 heteroatoms. The Morgan fingerprint density at radius 1 is 1.37 bits per heavy atom. The molecule has 5 nitrogen and oxygen atoms in total. The van der Waals surface area contributed by atoms with Gasteiger partial charge in [-0.25, -0.2) is 9.97 Å². The van der Waals surface area contributed by atoms with E-state index in [1.54, 1.807) is 6.33 Å². The Balaban J connectivity index is 1.89. The summed E-state index contributed by atoms with van der Waals surface area (Å²) in [6, 6.07) is 1.18. The lowest BCUT2D eigenvalue weighted by Crippen LogP contribution is -2.55. The molecule has 0 bridgehead atoms. The summed E-state index contributed by atoms with van der Waals surface area (Å²) in [5, 5.41) is 3.10. The van der Waals surface area contributed by atoms with Crippen LogP contribution >= 0.6 is 15.9 Å². The molecule has 3 heterocycles. The summed E-state index contributed by atoms with van der Waals surface area (Å²) >= 11 is 3.63. The molecule has 2 fully saturated rings. The summed E-state index contributed by atoms with van der Waals surface area (Å²) in [5.41, 5.74) is 0. The van der Waals surface area contributed by atoms with Crippen molar-refractivity contribution in [3.8, 4) is 0 Å². The summed E-state index contributed by atoms with van der Waals surface area (Å²) in [6.07, 6.45) is 4.28. The van der Waals surface area contributed by atoms with Gasteiger partial charge in [0, 0.05) is 32.2 Å². The first-order valence-electron chi connectivity index (χ1n) is 6.89. The number of aromatic nitrogens is 2. The molecule has 0 aromatic carbocycles. The van der Waals surface area contributed by atoms with Gasteiger partial charge < -0.3 is 10.2 Å². The number of nitrogens with one attached hydrogen (secondary N) is 1. The molecule has 2 aliphatic rings. The molecular formula is C13H20BrN5. The van der Waals surface area contributed by atoms with E-state index in [-0.39, 0.29) is 0 Å². The number of fused-ring (bicyclic) bond motifs is 1. The van der Waals surface area contributed by atoms with Gasteiger partial charge in [0.15, 0.2) is 0 Å². The summed E-state index contributed by atoms with van der Waals surface area (Å²) in [7, 11) is 1.88. The molecule has 0 spiro atoms. The number of piperazine rings is 1. The first kappa shape index (κ1) is 13.1. The van der Waals surface area contributed by atoms with E-state index in [1.807, 2.05) is 7.05 Å². The topological polar surface area (TPSA) is 44.3 Å². The van der Waals surface area contributed by atoms with Crippen LogP contribution in [0.3, 0.4) is 0 Å². The standard InChI is InChI=1S/C13H20BrN5/c1-9-6-18-5-3-4-10(18)7-19(9)13-11(14)12(15-2)16-8-17-13/h8-10H,3-7H2,1-2H3,(H,15,16,17). The predicted molar refractivity (Wildman–Crippen MR) is 80.7 cm³/mol. The third kappa shape index (κ3) is 2.31. The summed E-state index contributed by atoms with van der Waals surface area (Å²) in [4.78, 5) is 13.8. The first-order chi connectivity index (χ1) is 9.20. The van der Waals surface area contributed by atoms with E-state index in [4.69, 9.17) is 0 Å². The Kier molecular flexibility index (Phi) is 3.62. The molecule has 0 saturated carbocycles. The lowest BCUT2D eigenvalue weighted by molar-refractivity contribution is 0.202. The van der Waals surface area contributed by atoms with Gasteiger partial charge >= 0.3 is 0 Å². The fourth-order valence-electron chi connectivity index (χ4n) is 3.22. The van der Waals surface area contributed by atoms with Gasteiger partial charge in [0.05, 0.1) is 0 Å². The average Bonchev–Trinajstić information content (AvgIpc) is 2.85. The number of rotatable bonds is 2. The third-order valence-corrected chi connectivity index (χ3v) is 4.95. The fourth-order valence-corrected chi connectivity index (χ4v) is 3.85. The van der Waals surface area contributed by atoms with Crippen LogP contribution in [-0.4, -0.2) is 53.6 Å². The van der Waals surface area contributed by atoms with Gasteiger partial charge in [0.25, 0.3) is 0 Å². The van der Waals surface area contributed by atoms with E-state index >= 15 is 0 Å². The van der Waals surface area contributed by atoms with Crippen molar-refractivity contribution < 1.29 is 0 Å². The van der Waals surface area contributed by atoms with Gasteiger partial charge in [-0.15, -0.1) is 0 Å². The lowest BCUT2D eigenvalue weighted by Gasteiger charge is -2.43. The van der Waals surface area contributed by atoms with Crippen molar-refractivity contribution in [1.29, 1.82) is 0 Å². The molecule has 2 unspecified atom stereocenters. The van der Waals surface area contributed by atoms with E-state index in [0.717, 1.165) is 29.2 Å². The minimum absolute atomic E-state index is 0.491. The molecule has 2 saturated heterocycles. The van der Waals surface area contributed by atoms with Crippen LogP contribution in [0.1, 0.15) is 19.8 Å². The van der Waals surface area contributed by atoms with Crippen molar-refractivity contribution in [2.45, 2.75) is 31.8 Å². The van der Waals surface area contributed by atoms with Crippen molar-refractivity contribution in [2.75, 3.05) is 36.9 Å². The number of hydrogen-bond acceptors (Lipinski definition) is 5. The molecule has 0 aliphatic carbocycles. The van der Waals surface area contributed by atoms with E-state index in [9.17, 15) is 0 Å². The zero-order valence-electron chi connectivity index (χ0n) is 11.4. The number of halogens is 1. The second kappa shape index (κ2) is 5.25. The zero-order valence-corrected chi connectivity index (χ0v) is 13.0. The molecule has 2 aliphatic heterocycles. The Morgan fingerprint density at radius 2 is 2.21 bits per heavy atom. The van der Waals surface area contributed by atoms with Gasteiger partial charge in [0.2, 0.25) is 0 Å². The maximum absolute atomic E-state index is 4.48. The van der Waals surface area contributed by atoms with E-state index in [1.165, 1.54) is 19.4 Å². The van der Waals surface area contributed by atoms with Gasteiger partial charge in [-0.2, -0.15) is 0 Å². The SMILES string of the molecule is CNc1ncnc(N2CC3CCCN3CC2C)c1Br. The maximum Gasteiger partial charge on any atom is 0.148 e. The zero-order chi connectivity index (χ0) is 13.4. The largest absolute Gasteiger partial charge is 0.372 e. The highest BCUT2D eigenvalue weighted by molar-refractivity contribution is 9.10. The summed E-state index contributed by atoms with van der Waals surface area (Å²) in [5.74, 6) is 1.87. The minimum atomic E-state index is 0.491. The van der Waals surface area contributed by atoms with Crippen LogP contribution in [0.4, 0.5) is 11.6 Å². The highest BCUT2D eigenvalue weighted by Crippen LogP contribution is 2.34. The quantitative estimate of drug-likeness (QED) is 0.900. The van der Waals surface area contributed by atoms with E-state index < -0.39 is 0 Å². The van der Waals surface area contributed by atoms with Crippen LogP contribution in [0.15, 0.2) is 10.8 Å². The van der Waals surface area contributed by atoms with Crippen LogP contribution in [0.5, 0.6) is 0 Å². The second-order valence-corrected chi connectivity index (χ2v) is 6.20. The normalized spacial score (nSPS) is 27.4. The molecule has 1 N–H and O–H groups in total. The molecule has 0 radical (unpaired) electrons. The number of nitrogens with zero attached hydrogens (tertiary/aromatic N) is 4. The fraction of sp³-hybridized carbons (Fsp3) is 0.692. The molecule has 1 aromatic heterocycles. The van der Waals surface area contributed by atoms with Gasteiger partial charge in [-0.3, -0.25) is 4.90 Å². The number of anilines is 2. The minimum Gasteiger partial charge on any atom is -0.372 e. The molecule has 104 valence electrons. The second-order valence-electron chi connectivity index (χ2n) is 5.40. The Morgan fingerprint density at radius 3 is 3.00 bits per heavy atom. The summed E-state index contributed by atoms with van der Waals surface area (Å²) in [6.45, 7) is 5.74. The van der Waals surface area contributed by atoms with Crippen molar-refractivity contribution in [3.05, 3.63) is 10.8 Å².